The Hall–Kier alpha value is -2.62. The number of hydrogen-bond acceptors (Lipinski definition) is 5. The van der Waals surface area contributed by atoms with Crippen LogP contribution >= 0.6 is 23.2 Å². The van der Waals surface area contributed by atoms with Crippen molar-refractivity contribution in [1.29, 1.82) is 0 Å². The van der Waals surface area contributed by atoms with E-state index in [0.29, 0.717) is 19.9 Å². The number of fused-ring (bicyclic) bond motifs is 1. The molecular weight excluding hydrogens is 525 g/mol. The summed E-state index contributed by atoms with van der Waals surface area (Å²) in [5.41, 5.74) is 0.442. The average Bonchev–Trinajstić information content (AvgIpc) is 3.42. The molecule has 1 aliphatic heterocycles. The topological polar surface area (TPSA) is 104 Å². The fourth-order valence-electron chi connectivity index (χ4n) is 4.74. The summed E-state index contributed by atoms with van der Waals surface area (Å²) in [5, 5.41) is 3.63. The summed E-state index contributed by atoms with van der Waals surface area (Å²) >= 11 is 12.7. The molecule has 0 aromatic heterocycles. The van der Waals surface area contributed by atoms with Crippen LogP contribution in [0.4, 0.5) is 0 Å². The summed E-state index contributed by atoms with van der Waals surface area (Å²) in [4.78, 5) is 40.9. The van der Waals surface area contributed by atoms with E-state index in [0.717, 1.165) is 25.7 Å². The van der Waals surface area contributed by atoms with Crippen LogP contribution in [0.1, 0.15) is 54.9 Å². The fraction of sp³-hybridized carbons (Fsp3) is 0.400. The number of amides is 3. The number of rotatable bonds is 8. The number of carbonyl (C=O) groups is 3. The molecule has 3 amide bonds. The first-order valence-electron chi connectivity index (χ1n) is 11.8. The zero-order valence-corrected chi connectivity index (χ0v) is 22.1. The molecule has 1 aliphatic carbocycles. The third-order valence-corrected chi connectivity index (χ3v) is 9.16. The minimum atomic E-state index is -4.20. The van der Waals surface area contributed by atoms with Gasteiger partial charge in [-0.3, -0.25) is 14.4 Å². The Bertz CT molecular complexity index is 1270. The smallest absolute Gasteiger partial charge is 0.269 e. The molecule has 0 bridgehead atoms. The number of halogens is 2. The van der Waals surface area contributed by atoms with Crippen molar-refractivity contribution in [3.8, 4) is 0 Å². The first-order chi connectivity index (χ1) is 17.1. The van der Waals surface area contributed by atoms with E-state index < -0.39 is 34.4 Å². The predicted octanol–water partition coefficient (Wildman–Crippen LogP) is 4.00. The maximum Gasteiger partial charge on any atom is 0.269 e. The van der Waals surface area contributed by atoms with Gasteiger partial charge in [-0.25, -0.2) is 12.7 Å². The minimum absolute atomic E-state index is 0.0111. The lowest BCUT2D eigenvalue weighted by atomic mass is 10.1. The van der Waals surface area contributed by atoms with Crippen molar-refractivity contribution in [2.24, 2.45) is 0 Å². The van der Waals surface area contributed by atoms with Gasteiger partial charge in [0.05, 0.1) is 5.56 Å². The van der Waals surface area contributed by atoms with E-state index in [9.17, 15) is 22.8 Å². The minimum Gasteiger partial charge on any atom is -0.352 e. The molecule has 11 heteroatoms. The van der Waals surface area contributed by atoms with Gasteiger partial charge in [-0.05, 0) is 43.5 Å². The van der Waals surface area contributed by atoms with Crippen LogP contribution in [0.5, 0.6) is 0 Å². The number of hydrogen-bond donors (Lipinski definition) is 1. The second kappa shape index (κ2) is 10.8. The Morgan fingerprint density at radius 3 is 2.33 bits per heavy atom. The molecule has 2 aromatic carbocycles. The van der Waals surface area contributed by atoms with Gasteiger partial charge in [0.1, 0.15) is 17.5 Å². The van der Waals surface area contributed by atoms with Crippen LogP contribution in [-0.4, -0.2) is 54.0 Å². The van der Waals surface area contributed by atoms with E-state index in [1.54, 1.807) is 31.2 Å². The van der Waals surface area contributed by atoms with Crippen LogP contribution in [0.25, 0.3) is 0 Å². The van der Waals surface area contributed by atoms with Crippen LogP contribution < -0.4 is 5.32 Å². The second-order valence-corrected chi connectivity index (χ2v) is 11.6. The SMILES string of the molecule is CC[C@H](C(=O)NC1CCCC1)N(Cc1c(Cl)cccc1Cl)C(=O)CN1C(=O)c2ccccc2S1(=O)=O. The summed E-state index contributed by atoms with van der Waals surface area (Å²) in [5.74, 6) is -1.82. The highest BCUT2D eigenvalue weighted by molar-refractivity contribution is 7.90. The Balaban J connectivity index is 1.65. The Morgan fingerprint density at radius 2 is 1.72 bits per heavy atom. The highest BCUT2D eigenvalue weighted by Crippen LogP contribution is 2.31. The molecule has 192 valence electrons. The number of benzene rings is 2. The molecule has 4 rings (SSSR count). The molecule has 1 N–H and O–H groups in total. The van der Waals surface area contributed by atoms with Crippen molar-refractivity contribution in [3.63, 3.8) is 0 Å². The highest BCUT2D eigenvalue weighted by Gasteiger charge is 2.43. The Kier molecular flexibility index (Phi) is 7.92. The van der Waals surface area contributed by atoms with Crippen molar-refractivity contribution < 1.29 is 22.8 Å². The number of carbonyl (C=O) groups excluding carboxylic acids is 3. The van der Waals surface area contributed by atoms with Crippen LogP contribution in [0.3, 0.4) is 0 Å². The molecule has 8 nitrogen and oxygen atoms in total. The van der Waals surface area contributed by atoms with E-state index in [1.165, 1.54) is 23.1 Å². The fourth-order valence-corrected chi connectivity index (χ4v) is 6.78. The molecule has 0 saturated heterocycles. The van der Waals surface area contributed by atoms with Gasteiger partial charge >= 0.3 is 0 Å². The van der Waals surface area contributed by atoms with Crippen LogP contribution in [0.2, 0.25) is 10.0 Å². The average molecular weight is 552 g/mol. The zero-order valence-electron chi connectivity index (χ0n) is 19.7. The van der Waals surface area contributed by atoms with Gasteiger partial charge in [0.15, 0.2) is 0 Å². The van der Waals surface area contributed by atoms with Crippen molar-refractivity contribution in [3.05, 3.63) is 63.6 Å². The van der Waals surface area contributed by atoms with Crippen LogP contribution in [0.15, 0.2) is 47.4 Å². The van der Waals surface area contributed by atoms with Crippen molar-refractivity contribution in [2.45, 2.75) is 62.6 Å². The normalized spacial score (nSPS) is 17.6. The monoisotopic (exact) mass is 551 g/mol. The van der Waals surface area contributed by atoms with E-state index in [1.807, 2.05) is 0 Å². The molecule has 1 saturated carbocycles. The summed E-state index contributed by atoms with van der Waals surface area (Å²) in [6.45, 7) is 0.898. The predicted molar refractivity (Wildman–Crippen MR) is 136 cm³/mol. The largest absolute Gasteiger partial charge is 0.352 e. The zero-order chi connectivity index (χ0) is 26.0. The summed E-state index contributed by atoms with van der Waals surface area (Å²) in [7, 11) is -4.20. The van der Waals surface area contributed by atoms with E-state index in [4.69, 9.17) is 23.2 Å². The Labute approximate surface area is 220 Å². The second-order valence-electron chi connectivity index (χ2n) is 8.95. The molecule has 1 fully saturated rings. The molecule has 36 heavy (non-hydrogen) atoms. The lowest BCUT2D eigenvalue weighted by Gasteiger charge is -2.33. The number of nitrogens with one attached hydrogen (secondary N) is 1. The molecule has 2 aromatic rings. The summed E-state index contributed by atoms with van der Waals surface area (Å²) in [6.07, 6.45) is 4.05. The lowest BCUT2D eigenvalue weighted by molar-refractivity contribution is -0.141. The third-order valence-electron chi connectivity index (χ3n) is 6.67. The van der Waals surface area contributed by atoms with E-state index in [2.05, 4.69) is 5.32 Å². The van der Waals surface area contributed by atoms with Gasteiger partial charge in [0.25, 0.3) is 15.9 Å². The molecule has 0 spiro atoms. The molecule has 0 radical (unpaired) electrons. The molecule has 1 atom stereocenters. The standard InChI is InChI=1S/C25H27Cl2N3O5S/c1-2-21(24(32)28-16-8-3-4-9-16)29(14-18-19(26)11-7-12-20(18)27)23(31)15-30-25(33)17-10-5-6-13-22(17)36(30,34)35/h5-7,10-13,16,21H,2-4,8-9,14-15H2,1H3,(H,28,32)/t21-/m1/s1. The maximum absolute atomic E-state index is 13.7. The molecule has 2 aliphatic rings. The van der Waals surface area contributed by atoms with Crippen LogP contribution in [0, 0.1) is 0 Å². The number of nitrogens with zero attached hydrogens (tertiary/aromatic N) is 2. The summed E-state index contributed by atoms with van der Waals surface area (Å²) in [6, 6.07) is 9.84. The van der Waals surface area contributed by atoms with Gasteiger partial charge < -0.3 is 10.2 Å². The highest BCUT2D eigenvalue weighted by atomic mass is 35.5. The van der Waals surface area contributed by atoms with Gasteiger partial charge in [0.2, 0.25) is 11.8 Å². The quantitative estimate of drug-likeness (QED) is 0.533. The van der Waals surface area contributed by atoms with Crippen molar-refractivity contribution in [1.82, 2.24) is 14.5 Å². The number of sulfonamides is 1. The van der Waals surface area contributed by atoms with Gasteiger partial charge in [-0.15, -0.1) is 0 Å². The van der Waals surface area contributed by atoms with Crippen molar-refractivity contribution >= 4 is 50.9 Å². The first-order valence-corrected chi connectivity index (χ1v) is 14.0. The molecule has 0 unspecified atom stereocenters. The van der Waals surface area contributed by atoms with Crippen LogP contribution in [-0.2, 0) is 26.2 Å². The maximum atomic E-state index is 13.7. The van der Waals surface area contributed by atoms with Gasteiger partial charge in [0, 0.05) is 28.2 Å². The first kappa shape index (κ1) is 26.4. The Morgan fingerprint density at radius 1 is 1.08 bits per heavy atom. The van der Waals surface area contributed by atoms with Gasteiger partial charge in [-0.2, -0.15) is 0 Å². The third kappa shape index (κ3) is 5.10. The summed E-state index contributed by atoms with van der Waals surface area (Å²) < 4.78 is 26.6. The molecular formula is C25H27Cl2N3O5S. The van der Waals surface area contributed by atoms with E-state index in [-0.39, 0.29) is 35.4 Å². The lowest BCUT2D eigenvalue weighted by Crippen LogP contribution is -2.53. The van der Waals surface area contributed by atoms with E-state index >= 15 is 0 Å². The van der Waals surface area contributed by atoms with Gasteiger partial charge in [-0.1, -0.05) is 61.2 Å². The molecule has 1 heterocycles. The van der Waals surface area contributed by atoms with Crippen molar-refractivity contribution in [2.75, 3.05) is 6.54 Å².